The number of anilines is 1. The van der Waals surface area contributed by atoms with Gasteiger partial charge in [-0.2, -0.15) is 4.98 Å². The van der Waals surface area contributed by atoms with Crippen LogP contribution in [0.25, 0.3) is 0 Å². The summed E-state index contributed by atoms with van der Waals surface area (Å²) in [6, 6.07) is 4.84. The predicted molar refractivity (Wildman–Crippen MR) is 88.9 cm³/mol. The van der Waals surface area contributed by atoms with Crippen LogP contribution in [0.3, 0.4) is 0 Å². The Hall–Kier alpha value is -2.52. The molecule has 0 aliphatic heterocycles. The summed E-state index contributed by atoms with van der Waals surface area (Å²) in [5, 5.41) is 20.3. The number of hydrogen-bond donors (Lipinski definition) is 4. The summed E-state index contributed by atoms with van der Waals surface area (Å²) < 4.78 is 0. The maximum atomic E-state index is 12.2. The molecule has 1 amide bonds. The molecule has 1 unspecified atom stereocenters. The number of carbonyl (C=O) groups excluding carboxylic acids is 1. The van der Waals surface area contributed by atoms with E-state index >= 15 is 0 Å². The SMILES string of the molecule is CC(Sc1nc(O)cc(=O)[nH]1)C(=O)Nc1cc(C(=O)O)ccc1Cl. The zero-order valence-corrected chi connectivity index (χ0v) is 13.8. The number of nitrogens with zero attached hydrogens (tertiary/aromatic N) is 1. The van der Waals surface area contributed by atoms with Gasteiger partial charge < -0.3 is 20.5 Å². The predicted octanol–water partition coefficient (Wildman–Crippen LogP) is 1.95. The summed E-state index contributed by atoms with van der Waals surface area (Å²) in [5.41, 5.74) is -0.407. The molecule has 0 aliphatic carbocycles. The van der Waals surface area contributed by atoms with Gasteiger partial charge in [0.25, 0.3) is 5.56 Å². The van der Waals surface area contributed by atoms with Gasteiger partial charge in [0.1, 0.15) is 0 Å². The van der Waals surface area contributed by atoms with Gasteiger partial charge in [-0.3, -0.25) is 9.59 Å². The maximum Gasteiger partial charge on any atom is 0.335 e. The van der Waals surface area contributed by atoms with Crippen molar-refractivity contribution in [1.82, 2.24) is 9.97 Å². The molecule has 1 atom stereocenters. The Bertz CT molecular complexity index is 855. The Morgan fingerprint density at radius 1 is 1.38 bits per heavy atom. The largest absolute Gasteiger partial charge is 0.493 e. The van der Waals surface area contributed by atoms with Crippen LogP contribution >= 0.6 is 23.4 Å². The summed E-state index contributed by atoms with van der Waals surface area (Å²) >= 11 is 6.86. The Balaban J connectivity index is 2.13. The van der Waals surface area contributed by atoms with Crippen molar-refractivity contribution in [2.45, 2.75) is 17.3 Å². The van der Waals surface area contributed by atoms with E-state index in [-0.39, 0.29) is 21.4 Å². The van der Waals surface area contributed by atoms with E-state index < -0.39 is 28.6 Å². The van der Waals surface area contributed by atoms with Crippen molar-refractivity contribution in [3.63, 3.8) is 0 Å². The summed E-state index contributed by atoms with van der Waals surface area (Å²) in [5.74, 6) is -2.08. The fourth-order valence-corrected chi connectivity index (χ4v) is 2.66. The Morgan fingerprint density at radius 2 is 2.08 bits per heavy atom. The lowest BCUT2D eigenvalue weighted by Crippen LogP contribution is -2.23. The fourth-order valence-electron chi connectivity index (χ4n) is 1.69. The lowest BCUT2D eigenvalue weighted by atomic mass is 10.2. The van der Waals surface area contributed by atoms with Crippen molar-refractivity contribution in [2.75, 3.05) is 5.32 Å². The van der Waals surface area contributed by atoms with E-state index in [0.29, 0.717) is 0 Å². The first-order chi connectivity index (χ1) is 11.3. The molecule has 0 radical (unpaired) electrons. The van der Waals surface area contributed by atoms with E-state index in [1.54, 1.807) is 6.92 Å². The molecule has 0 spiro atoms. The molecular weight excluding hydrogens is 358 g/mol. The Labute approximate surface area is 144 Å². The molecule has 8 nitrogen and oxygen atoms in total. The van der Waals surface area contributed by atoms with Crippen LogP contribution in [0.2, 0.25) is 5.02 Å². The minimum atomic E-state index is -1.15. The summed E-state index contributed by atoms with van der Waals surface area (Å²) in [6.07, 6.45) is 0. The third-order valence-corrected chi connectivity index (χ3v) is 4.15. The number of carbonyl (C=O) groups is 2. The van der Waals surface area contributed by atoms with E-state index in [0.717, 1.165) is 17.8 Å². The van der Waals surface area contributed by atoms with Crippen molar-refractivity contribution in [1.29, 1.82) is 0 Å². The summed E-state index contributed by atoms with van der Waals surface area (Å²) in [6.45, 7) is 1.55. The molecule has 0 saturated heterocycles. The number of nitrogens with one attached hydrogen (secondary N) is 2. The highest BCUT2D eigenvalue weighted by Gasteiger charge is 2.18. The summed E-state index contributed by atoms with van der Waals surface area (Å²) in [4.78, 5) is 40.5. The van der Waals surface area contributed by atoms with E-state index in [1.807, 2.05) is 0 Å². The Kier molecular flexibility index (Phi) is 5.47. The van der Waals surface area contributed by atoms with Gasteiger partial charge in [-0.05, 0) is 25.1 Å². The van der Waals surface area contributed by atoms with Gasteiger partial charge in [0, 0.05) is 0 Å². The van der Waals surface area contributed by atoms with Crippen LogP contribution in [0.5, 0.6) is 5.88 Å². The van der Waals surface area contributed by atoms with Gasteiger partial charge in [-0.15, -0.1) is 0 Å². The molecule has 0 fully saturated rings. The van der Waals surface area contributed by atoms with Crippen molar-refractivity contribution in [2.24, 2.45) is 0 Å². The number of rotatable bonds is 5. The number of aromatic hydroxyl groups is 1. The third-order valence-electron chi connectivity index (χ3n) is 2.84. The number of hydrogen-bond acceptors (Lipinski definition) is 6. The van der Waals surface area contributed by atoms with Crippen LogP contribution in [-0.2, 0) is 4.79 Å². The number of thioether (sulfide) groups is 1. The van der Waals surface area contributed by atoms with Gasteiger partial charge in [-0.1, -0.05) is 23.4 Å². The first-order valence-corrected chi connectivity index (χ1v) is 7.82. The van der Waals surface area contributed by atoms with Crippen LogP contribution in [0.1, 0.15) is 17.3 Å². The van der Waals surface area contributed by atoms with E-state index in [2.05, 4.69) is 15.3 Å². The number of carboxylic acids is 1. The van der Waals surface area contributed by atoms with Crippen LogP contribution in [0, 0.1) is 0 Å². The Morgan fingerprint density at radius 3 is 2.71 bits per heavy atom. The van der Waals surface area contributed by atoms with Crippen LogP contribution in [0.15, 0.2) is 34.2 Å². The molecule has 126 valence electrons. The van der Waals surface area contributed by atoms with Gasteiger partial charge >= 0.3 is 5.97 Å². The molecule has 1 aromatic heterocycles. The average Bonchev–Trinajstić information content (AvgIpc) is 2.48. The molecule has 4 N–H and O–H groups in total. The smallest absolute Gasteiger partial charge is 0.335 e. The van der Waals surface area contributed by atoms with Crippen molar-refractivity contribution in [3.05, 3.63) is 45.2 Å². The lowest BCUT2D eigenvalue weighted by molar-refractivity contribution is -0.115. The van der Waals surface area contributed by atoms with Crippen LogP contribution < -0.4 is 10.9 Å². The van der Waals surface area contributed by atoms with Gasteiger partial charge in [0.15, 0.2) is 5.16 Å². The maximum absolute atomic E-state index is 12.2. The quantitative estimate of drug-likeness (QED) is 0.467. The molecule has 10 heteroatoms. The number of aromatic carboxylic acids is 1. The van der Waals surface area contributed by atoms with Gasteiger partial charge in [0.2, 0.25) is 11.8 Å². The fraction of sp³-hybridized carbons (Fsp3) is 0.143. The zero-order valence-electron chi connectivity index (χ0n) is 12.2. The molecule has 2 aromatic rings. The second-order valence-electron chi connectivity index (χ2n) is 4.66. The second-order valence-corrected chi connectivity index (χ2v) is 6.39. The number of carboxylic acid groups (broad SMARTS) is 1. The number of aromatic nitrogens is 2. The highest BCUT2D eigenvalue weighted by Crippen LogP contribution is 2.25. The number of amides is 1. The first-order valence-electron chi connectivity index (χ1n) is 6.57. The average molecular weight is 370 g/mol. The minimum absolute atomic E-state index is 0.0195. The molecule has 0 aliphatic rings. The molecule has 2 rings (SSSR count). The number of halogens is 1. The number of H-pyrrole nitrogens is 1. The monoisotopic (exact) mass is 369 g/mol. The van der Waals surface area contributed by atoms with Gasteiger partial charge in [0.05, 0.1) is 27.6 Å². The topological polar surface area (TPSA) is 132 Å². The second kappa shape index (κ2) is 7.37. The highest BCUT2D eigenvalue weighted by molar-refractivity contribution is 8.00. The van der Waals surface area contributed by atoms with Crippen molar-refractivity contribution >= 4 is 40.9 Å². The molecule has 0 bridgehead atoms. The summed E-state index contributed by atoms with van der Waals surface area (Å²) in [7, 11) is 0. The molecular formula is C14H12ClN3O5S. The first kappa shape index (κ1) is 17.8. The van der Waals surface area contributed by atoms with E-state index in [9.17, 15) is 19.5 Å². The molecule has 1 aromatic carbocycles. The zero-order chi connectivity index (χ0) is 17.9. The van der Waals surface area contributed by atoms with Crippen LogP contribution in [0.4, 0.5) is 5.69 Å². The molecule has 0 saturated carbocycles. The minimum Gasteiger partial charge on any atom is -0.493 e. The third kappa shape index (κ3) is 4.49. The van der Waals surface area contributed by atoms with E-state index in [1.165, 1.54) is 18.2 Å². The normalized spacial score (nSPS) is 11.8. The molecule has 1 heterocycles. The highest BCUT2D eigenvalue weighted by atomic mass is 35.5. The number of benzene rings is 1. The van der Waals surface area contributed by atoms with Crippen LogP contribution in [-0.4, -0.2) is 37.3 Å². The number of aromatic amines is 1. The molecule has 24 heavy (non-hydrogen) atoms. The standard InChI is InChI=1S/C14H12ClN3O5S/c1-6(24-14-17-10(19)5-11(20)18-14)12(21)16-9-4-7(13(22)23)2-3-8(9)15/h2-6H,1H3,(H,16,21)(H,22,23)(H2,17,18,19,20). The van der Waals surface area contributed by atoms with Crippen molar-refractivity contribution < 1.29 is 19.8 Å². The van der Waals surface area contributed by atoms with E-state index in [4.69, 9.17) is 16.7 Å². The van der Waals surface area contributed by atoms with Gasteiger partial charge in [-0.25, -0.2) is 4.79 Å². The van der Waals surface area contributed by atoms with Crippen molar-refractivity contribution in [3.8, 4) is 5.88 Å². The lowest BCUT2D eigenvalue weighted by Gasteiger charge is -2.13.